The van der Waals surface area contributed by atoms with Gasteiger partial charge in [0.05, 0.1) is 13.7 Å². The first-order valence-electron chi connectivity index (χ1n) is 9.23. The van der Waals surface area contributed by atoms with Gasteiger partial charge >= 0.3 is 6.09 Å². The lowest BCUT2D eigenvalue weighted by atomic mass is 10.1. The minimum Gasteiger partial charge on any atom is -0.453 e. The van der Waals surface area contributed by atoms with E-state index in [1.54, 1.807) is 4.90 Å². The predicted octanol–water partition coefficient (Wildman–Crippen LogP) is 2.14. The highest BCUT2D eigenvalue weighted by molar-refractivity contribution is 14.0. The van der Waals surface area contributed by atoms with Crippen LogP contribution in [0.1, 0.15) is 51.2 Å². The lowest BCUT2D eigenvalue weighted by Crippen LogP contribution is -2.49. The van der Waals surface area contributed by atoms with Crippen molar-refractivity contribution >= 4 is 36.0 Å². The molecule has 0 aliphatic carbocycles. The Hall–Kier alpha value is -1.59. The molecule has 0 aromatic carbocycles. The van der Waals surface area contributed by atoms with Crippen molar-refractivity contribution in [3.63, 3.8) is 0 Å². The number of likely N-dealkylation sites (tertiary alicyclic amines) is 1. The Morgan fingerprint density at radius 2 is 2.11 bits per heavy atom. The number of hydrogen-bond acceptors (Lipinski definition) is 6. The van der Waals surface area contributed by atoms with Gasteiger partial charge in [-0.3, -0.25) is 4.99 Å². The van der Waals surface area contributed by atoms with Crippen molar-refractivity contribution in [2.45, 2.75) is 52.0 Å². The number of rotatable bonds is 6. The van der Waals surface area contributed by atoms with Crippen LogP contribution in [0.3, 0.4) is 0 Å². The Balaban J connectivity index is 0.00000364. The number of ether oxygens (including phenoxy) is 1. The van der Waals surface area contributed by atoms with Gasteiger partial charge in [-0.1, -0.05) is 19.0 Å². The third kappa shape index (κ3) is 7.51. The molecule has 0 radical (unpaired) electrons. The number of halogens is 1. The molecule has 0 spiro atoms. The maximum Gasteiger partial charge on any atom is 0.409 e. The van der Waals surface area contributed by atoms with Crippen LogP contribution >= 0.6 is 24.0 Å². The zero-order chi connectivity index (χ0) is 18.9. The summed E-state index contributed by atoms with van der Waals surface area (Å²) in [5.74, 6) is 2.37. The van der Waals surface area contributed by atoms with Crippen LogP contribution in [0.5, 0.6) is 0 Å². The molecule has 2 heterocycles. The van der Waals surface area contributed by atoms with Gasteiger partial charge in [0.1, 0.15) is 0 Å². The fraction of sp³-hybridized carbons (Fsp3) is 0.765. The van der Waals surface area contributed by atoms with Crippen molar-refractivity contribution in [1.82, 2.24) is 25.7 Å². The molecule has 0 saturated carbocycles. The number of aliphatic imine (C=N–C) groups is 1. The van der Waals surface area contributed by atoms with E-state index in [4.69, 9.17) is 9.26 Å². The zero-order valence-electron chi connectivity index (χ0n) is 16.5. The van der Waals surface area contributed by atoms with E-state index >= 15 is 0 Å². The molecule has 154 valence electrons. The topological polar surface area (TPSA) is 105 Å². The highest BCUT2D eigenvalue weighted by atomic mass is 127. The zero-order valence-corrected chi connectivity index (χ0v) is 18.9. The van der Waals surface area contributed by atoms with Crippen molar-refractivity contribution < 1.29 is 14.1 Å². The number of piperidine rings is 1. The van der Waals surface area contributed by atoms with Gasteiger partial charge in [0.15, 0.2) is 11.8 Å². The van der Waals surface area contributed by atoms with Gasteiger partial charge in [0.25, 0.3) is 0 Å². The van der Waals surface area contributed by atoms with Crippen LogP contribution < -0.4 is 10.6 Å². The maximum absolute atomic E-state index is 11.5. The Morgan fingerprint density at radius 1 is 1.41 bits per heavy atom. The van der Waals surface area contributed by atoms with Crippen LogP contribution in [0.15, 0.2) is 9.52 Å². The van der Waals surface area contributed by atoms with Gasteiger partial charge in [-0.05, 0) is 19.8 Å². The number of aromatic nitrogens is 2. The van der Waals surface area contributed by atoms with Gasteiger partial charge in [0.2, 0.25) is 5.89 Å². The molecule has 1 amide bonds. The van der Waals surface area contributed by atoms with Crippen molar-refractivity contribution in [1.29, 1.82) is 0 Å². The summed E-state index contributed by atoms with van der Waals surface area (Å²) in [6.45, 7) is 8.81. The number of carbonyl (C=O) groups is 1. The number of amides is 1. The van der Waals surface area contributed by atoms with E-state index in [0.717, 1.165) is 31.2 Å². The molecule has 2 rings (SSSR count). The van der Waals surface area contributed by atoms with Crippen LogP contribution in [0, 0.1) is 0 Å². The van der Waals surface area contributed by atoms with Crippen LogP contribution in [0.4, 0.5) is 4.79 Å². The summed E-state index contributed by atoms with van der Waals surface area (Å²) in [6.07, 6.45) is 2.07. The standard InChI is InChI=1S/C17H30N6O3.HI/c1-5-18-16(19-9-6-14-21-15(12(2)3)22-26-14)20-13-7-10-23(11-8-13)17(24)25-4;/h12-13H,5-11H2,1-4H3,(H2,18,19,20);1H. The highest BCUT2D eigenvalue weighted by Gasteiger charge is 2.23. The second-order valence-corrected chi connectivity index (χ2v) is 6.59. The summed E-state index contributed by atoms with van der Waals surface area (Å²) in [5, 5.41) is 10.7. The molecule has 1 aliphatic rings. The third-order valence-corrected chi connectivity index (χ3v) is 4.21. The Labute approximate surface area is 177 Å². The lowest BCUT2D eigenvalue weighted by molar-refractivity contribution is 0.111. The van der Waals surface area contributed by atoms with Gasteiger partial charge < -0.3 is 24.8 Å². The van der Waals surface area contributed by atoms with Gasteiger partial charge in [-0.2, -0.15) is 4.98 Å². The second-order valence-electron chi connectivity index (χ2n) is 6.59. The molecule has 0 atom stereocenters. The minimum atomic E-state index is -0.260. The Kier molecular flexibility index (Phi) is 10.4. The fourth-order valence-electron chi connectivity index (χ4n) is 2.72. The maximum atomic E-state index is 11.5. The molecule has 9 nitrogen and oxygen atoms in total. The molecule has 1 saturated heterocycles. The molecule has 0 bridgehead atoms. The predicted molar refractivity (Wildman–Crippen MR) is 114 cm³/mol. The molecule has 1 fully saturated rings. The van der Waals surface area contributed by atoms with E-state index < -0.39 is 0 Å². The van der Waals surface area contributed by atoms with Crippen molar-refractivity contribution in [3.8, 4) is 0 Å². The van der Waals surface area contributed by atoms with E-state index in [0.29, 0.717) is 31.9 Å². The largest absolute Gasteiger partial charge is 0.453 e. The van der Waals surface area contributed by atoms with E-state index in [9.17, 15) is 4.79 Å². The van der Waals surface area contributed by atoms with Crippen LogP contribution in [0.25, 0.3) is 0 Å². The summed E-state index contributed by atoms with van der Waals surface area (Å²) in [6, 6.07) is 0.282. The van der Waals surface area contributed by atoms with Crippen LogP contribution in [-0.2, 0) is 11.2 Å². The molecule has 1 aliphatic heterocycles. The van der Waals surface area contributed by atoms with E-state index in [-0.39, 0.29) is 42.0 Å². The third-order valence-electron chi connectivity index (χ3n) is 4.21. The number of nitrogens with zero attached hydrogens (tertiary/aromatic N) is 4. The molecule has 27 heavy (non-hydrogen) atoms. The van der Waals surface area contributed by atoms with Gasteiger partial charge in [-0.25, -0.2) is 4.79 Å². The molecular weight excluding hydrogens is 463 g/mol. The summed E-state index contributed by atoms with van der Waals surface area (Å²) in [7, 11) is 1.41. The minimum absolute atomic E-state index is 0. The number of hydrogen-bond donors (Lipinski definition) is 2. The van der Waals surface area contributed by atoms with Gasteiger partial charge in [-0.15, -0.1) is 24.0 Å². The average Bonchev–Trinajstić information content (AvgIpc) is 3.11. The number of carbonyl (C=O) groups excluding carboxylic acids is 1. The van der Waals surface area contributed by atoms with Crippen molar-refractivity contribution in [2.75, 3.05) is 33.3 Å². The Morgan fingerprint density at radius 3 is 2.67 bits per heavy atom. The summed E-state index contributed by atoms with van der Waals surface area (Å²) < 4.78 is 10.0. The normalized spacial score (nSPS) is 15.4. The molecule has 2 N–H and O–H groups in total. The van der Waals surface area contributed by atoms with Crippen LogP contribution in [-0.4, -0.2) is 66.4 Å². The smallest absolute Gasteiger partial charge is 0.409 e. The van der Waals surface area contributed by atoms with E-state index in [2.05, 4.69) is 25.8 Å². The van der Waals surface area contributed by atoms with E-state index in [1.165, 1.54) is 7.11 Å². The quantitative estimate of drug-likeness (QED) is 0.355. The first-order chi connectivity index (χ1) is 12.5. The molecular formula is C17H31IN6O3. The average molecular weight is 494 g/mol. The highest BCUT2D eigenvalue weighted by Crippen LogP contribution is 2.12. The summed E-state index contributed by atoms with van der Waals surface area (Å²) in [4.78, 5) is 22.2. The first kappa shape index (κ1) is 23.4. The van der Waals surface area contributed by atoms with Crippen LogP contribution in [0.2, 0.25) is 0 Å². The molecule has 1 aromatic rings. The second kappa shape index (κ2) is 12.0. The van der Waals surface area contributed by atoms with E-state index in [1.807, 2.05) is 20.8 Å². The first-order valence-corrected chi connectivity index (χ1v) is 9.23. The molecule has 10 heteroatoms. The molecule has 1 aromatic heterocycles. The van der Waals surface area contributed by atoms with Gasteiger partial charge in [0, 0.05) is 38.0 Å². The molecule has 0 unspecified atom stereocenters. The van der Waals surface area contributed by atoms with Crippen molar-refractivity contribution in [2.24, 2.45) is 4.99 Å². The Bertz CT molecular complexity index is 599. The fourth-order valence-corrected chi connectivity index (χ4v) is 2.72. The monoisotopic (exact) mass is 494 g/mol. The number of nitrogens with one attached hydrogen (secondary N) is 2. The SMILES string of the molecule is CCNC(=NCCc1nc(C(C)C)no1)NC1CCN(C(=O)OC)CC1.I. The number of guanidine groups is 1. The number of methoxy groups -OCH3 is 1. The summed E-state index contributed by atoms with van der Waals surface area (Å²) in [5.41, 5.74) is 0. The lowest BCUT2D eigenvalue weighted by Gasteiger charge is -2.32. The van der Waals surface area contributed by atoms with Crippen molar-refractivity contribution in [3.05, 3.63) is 11.7 Å². The summed E-state index contributed by atoms with van der Waals surface area (Å²) >= 11 is 0.